The van der Waals surface area contributed by atoms with Gasteiger partial charge < -0.3 is 19.5 Å². The van der Waals surface area contributed by atoms with Gasteiger partial charge in [0.2, 0.25) is 0 Å². The number of rotatable bonds is 9. The van der Waals surface area contributed by atoms with E-state index in [0.717, 1.165) is 15.6 Å². The first-order chi connectivity index (χ1) is 15.1. The number of fused-ring (bicyclic) bond motifs is 1. The fourth-order valence-electron chi connectivity index (χ4n) is 2.92. The molecule has 0 saturated heterocycles. The van der Waals surface area contributed by atoms with Crippen molar-refractivity contribution in [2.24, 2.45) is 5.10 Å². The third-order valence-corrected chi connectivity index (χ3v) is 5.41. The molecule has 31 heavy (non-hydrogen) atoms. The molecule has 3 rings (SSSR count). The zero-order chi connectivity index (χ0) is 22.2. The van der Waals surface area contributed by atoms with Crippen molar-refractivity contribution < 1.29 is 23.8 Å². The Labute approximate surface area is 183 Å². The molecule has 0 atom stereocenters. The molecule has 8 nitrogen and oxygen atoms in total. The average Bonchev–Trinajstić information content (AvgIpc) is 3.23. The van der Waals surface area contributed by atoms with Crippen molar-refractivity contribution in [2.45, 2.75) is 0 Å². The van der Waals surface area contributed by atoms with Crippen molar-refractivity contribution in [1.29, 1.82) is 0 Å². The Balaban J connectivity index is 1.64. The van der Waals surface area contributed by atoms with Crippen LogP contribution in [-0.2, 0) is 9.53 Å². The molecule has 0 aliphatic heterocycles. The lowest BCUT2D eigenvalue weighted by atomic mass is 10.1. The van der Waals surface area contributed by atoms with E-state index in [1.54, 1.807) is 36.6 Å². The van der Waals surface area contributed by atoms with Crippen molar-refractivity contribution in [1.82, 2.24) is 10.7 Å². The van der Waals surface area contributed by atoms with Crippen LogP contribution in [0.5, 0.6) is 11.5 Å². The van der Waals surface area contributed by atoms with E-state index in [1.165, 1.54) is 14.2 Å². The number of hydrogen-bond donors (Lipinski definition) is 2. The summed E-state index contributed by atoms with van der Waals surface area (Å²) in [5.74, 6) is 0.0668. The standard InChI is InChI=1S/C22H23N3O5S/c1-28-12-17(16-13-31-20-7-5-4-6-15(16)20)24-25-21(26)11-23-22(27)14-8-9-18(29-2)19(10-14)30-3/h4-10,13H,11-12H2,1-3H3,(H,23,27)(H,25,26)/b24-17+. The molecule has 0 aliphatic carbocycles. The minimum absolute atomic E-state index is 0.235. The summed E-state index contributed by atoms with van der Waals surface area (Å²) >= 11 is 1.59. The number of methoxy groups -OCH3 is 3. The lowest BCUT2D eigenvalue weighted by Crippen LogP contribution is -2.35. The SMILES string of the molecule is COC/C(=N\NC(=O)CNC(=O)c1ccc(OC)c(OC)c1)c1csc2ccccc12. The van der Waals surface area contributed by atoms with Gasteiger partial charge in [-0.1, -0.05) is 18.2 Å². The summed E-state index contributed by atoms with van der Waals surface area (Å²) in [6, 6.07) is 12.7. The maximum absolute atomic E-state index is 12.3. The van der Waals surface area contributed by atoms with Gasteiger partial charge >= 0.3 is 0 Å². The second-order valence-electron chi connectivity index (χ2n) is 6.42. The highest BCUT2D eigenvalue weighted by molar-refractivity contribution is 7.17. The number of amides is 2. The molecule has 1 heterocycles. The van der Waals surface area contributed by atoms with E-state index in [2.05, 4.69) is 15.8 Å². The molecule has 0 unspecified atom stereocenters. The molecule has 9 heteroatoms. The van der Waals surface area contributed by atoms with Crippen molar-refractivity contribution in [3.8, 4) is 11.5 Å². The van der Waals surface area contributed by atoms with Gasteiger partial charge in [-0.15, -0.1) is 11.3 Å². The van der Waals surface area contributed by atoms with Crippen LogP contribution >= 0.6 is 11.3 Å². The number of hydrazone groups is 1. The summed E-state index contributed by atoms with van der Waals surface area (Å²) < 4.78 is 16.7. The van der Waals surface area contributed by atoms with Crippen LogP contribution in [0, 0.1) is 0 Å². The topological polar surface area (TPSA) is 98.2 Å². The van der Waals surface area contributed by atoms with Gasteiger partial charge in [-0.2, -0.15) is 5.10 Å². The van der Waals surface area contributed by atoms with Crippen molar-refractivity contribution in [3.05, 3.63) is 59.0 Å². The molecule has 0 saturated carbocycles. The van der Waals surface area contributed by atoms with Crippen molar-refractivity contribution in [3.63, 3.8) is 0 Å². The number of nitrogens with one attached hydrogen (secondary N) is 2. The number of benzene rings is 2. The quantitative estimate of drug-likeness (QED) is 0.393. The van der Waals surface area contributed by atoms with Gasteiger partial charge in [0, 0.05) is 33.7 Å². The Morgan fingerprint density at radius 1 is 1.03 bits per heavy atom. The molecule has 2 N–H and O–H groups in total. The predicted molar refractivity (Wildman–Crippen MR) is 120 cm³/mol. The zero-order valence-electron chi connectivity index (χ0n) is 17.4. The normalized spacial score (nSPS) is 11.3. The Morgan fingerprint density at radius 3 is 2.55 bits per heavy atom. The first-order valence-corrected chi connectivity index (χ1v) is 10.3. The van der Waals surface area contributed by atoms with E-state index in [4.69, 9.17) is 14.2 Å². The molecular weight excluding hydrogens is 418 g/mol. The van der Waals surface area contributed by atoms with Gasteiger partial charge in [0.25, 0.3) is 11.8 Å². The summed E-state index contributed by atoms with van der Waals surface area (Å²) in [7, 11) is 4.56. The summed E-state index contributed by atoms with van der Waals surface area (Å²) in [5, 5.41) is 9.80. The van der Waals surface area contributed by atoms with Gasteiger partial charge in [-0.05, 0) is 24.3 Å². The zero-order valence-corrected chi connectivity index (χ0v) is 18.2. The second kappa shape index (κ2) is 10.6. The number of carbonyl (C=O) groups is 2. The number of ether oxygens (including phenoxy) is 3. The number of carbonyl (C=O) groups excluding carboxylic acids is 2. The van der Waals surface area contributed by atoms with Crippen LogP contribution in [-0.4, -0.2) is 52.0 Å². The summed E-state index contributed by atoms with van der Waals surface area (Å²) in [5.41, 5.74) is 4.33. The number of thiophene rings is 1. The number of hydrogen-bond acceptors (Lipinski definition) is 7. The molecule has 162 valence electrons. The van der Waals surface area contributed by atoms with Crippen LogP contribution in [0.3, 0.4) is 0 Å². The van der Waals surface area contributed by atoms with E-state index in [9.17, 15) is 9.59 Å². The lowest BCUT2D eigenvalue weighted by Gasteiger charge is -2.10. The molecular formula is C22H23N3O5S. The van der Waals surface area contributed by atoms with E-state index in [0.29, 0.717) is 22.8 Å². The smallest absolute Gasteiger partial charge is 0.259 e. The van der Waals surface area contributed by atoms with Crippen molar-refractivity contribution >= 4 is 38.9 Å². The first kappa shape index (κ1) is 22.3. The molecule has 1 aromatic heterocycles. The maximum Gasteiger partial charge on any atom is 0.259 e. The Bertz CT molecular complexity index is 1110. The van der Waals surface area contributed by atoms with E-state index >= 15 is 0 Å². The summed E-state index contributed by atoms with van der Waals surface area (Å²) in [6.07, 6.45) is 0. The van der Waals surface area contributed by atoms with Gasteiger partial charge in [0.05, 0.1) is 33.1 Å². The van der Waals surface area contributed by atoms with Crippen LogP contribution in [0.4, 0.5) is 0 Å². The largest absolute Gasteiger partial charge is 0.493 e. The molecule has 3 aromatic rings. The fourth-order valence-corrected chi connectivity index (χ4v) is 3.89. The Morgan fingerprint density at radius 2 is 1.81 bits per heavy atom. The predicted octanol–water partition coefficient (Wildman–Crippen LogP) is 2.82. The van der Waals surface area contributed by atoms with E-state index in [1.807, 2.05) is 29.6 Å². The van der Waals surface area contributed by atoms with Gasteiger partial charge in [0.15, 0.2) is 11.5 Å². The second-order valence-corrected chi connectivity index (χ2v) is 7.34. The Kier molecular flexibility index (Phi) is 7.58. The monoisotopic (exact) mass is 441 g/mol. The van der Waals surface area contributed by atoms with Crippen LogP contribution < -0.4 is 20.2 Å². The highest BCUT2D eigenvalue weighted by atomic mass is 32.1. The molecule has 2 amide bonds. The van der Waals surface area contributed by atoms with Crippen LogP contribution in [0.2, 0.25) is 0 Å². The fraction of sp³-hybridized carbons (Fsp3) is 0.227. The minimum Gasteiger partial charge on any atom is -0.493 e. The van der Waals surface area contributed by atoms with Gasteiger partial charge in [-0.3, -0.25) is 9.59 Å². The minimum atomic E-state index is -0.457. The van der Waals surface area contributed by atoms with Crippen LogP contribution in [0.1, 0.15) is 15.9 Å². The Hall–Kier alpha value is -3.43. The van der Waals surface area contributed by atoms with Crippen LogP contribution in [0.15, 0.2) is 52.9 Å². The highest BCUT2D eigenvalue weighted by Crippen LogP contribution is 2.27. The van der Waals surface area contributed by atoms with Crippen LogP contribution in [0.25, 0.3) is 10.1 Å². The summed E-state index contributed by atoms with van der Waals surface area (Å²) in [6.45, 7) is 0.000332. The summed E-state index contributed by atoms with van der Waals surface area (Å²) in [4.78, 5) is 24.6. The van der Waals surface area contributed by atoms with E-state index in [-0.39, 0.29) is 13.2 Å². The lowest BCUT2D eigenvalue weighted by molar-refractivity contribution is -0.120. The highest BCUT2D eigenvalue weighted by Gasteiger charge is 2.13. The van der Waals surface area contributed by atoms with Gasteiger partial charge in [-0.25, -0.2) is 5.43 Å². The molecule has 2 aromatic carbocycles. The number of nitrogens with zero attached hydrogens (tertiary/aromatic N) is 1. The molecule has 0 bridgehead atoms. The maximum atomic E-state index is 12.3. The molecule has 0 spiro atoms. The molecule has 0 radical (unpaired) electrons. The van der Waals surface area contributed by atoms with Gasteiger partial charge in [0.1, 0.15) is 0 Å². The molecule has 0 aliphatic rings. The van der Waals surface area contributed by atoms with Crippen molar-refractivity contribution in [2.75, 3.05) is 34.5 Å². The average molecular weight is 442 g/mol. The molecule has 0 fully saturated rings. The van der Waals surface area contributed by atoms with E-state index < -0.39 is 11.8 Å². The first-order valence-electron chi connectivity index (χ1n) is 9.38. The third kappa shape index (κ3) is 5.39. The third-order valence-electron chi connectivity index (χ3n) is 4.44.